The van der Waals surface area contributed by atoms with Gasteiger partial charge in [0, 0.05) is 24.2 Å². The quantitative estimate of drug-likeness (QED) is 0.549. The fourth-order valence-corrected chi connectivity index (χ4v) is 1.99. The van der Waals surface area contributed by atoms with Gasteiger partial charge in [0.25, 0.3) is 0 Å². The molecule has 0 bridgehead atoms. The van der Waals surface area contributed by atoms with Crippen LogP contribution in [0.15, 0.2) is 24.3 Å². The zero-order valence-corrected chi connectivity index (χ0v) is 13.3. The van der Waals surface area contributed by atoms with Gasteiger partial charge in [-0.25, -0.2) is 0 Å². The van der Waals surface area contributed by atoms with E-state index in [0.717, 1.165) is 25.7 Å². The number of carbonyl (C=O) groups excluding carboxylic acids is 4. The first-order valence-corrected chi connectivity index (χ1v) is 7.67. The molecule has 1 aromatic carbocycles. The topological polar surface area (TPSA) is 144 Å². The van der Waals surface area contributed by atoms with Crippen LogP contribution in [-0.4, -0.2) is 36.7 Å². The van der Waals surface area contributed by atoms with Gasteiger partial charge in [0.2, 0.25) is 11.8 Å². The van der Waals surface area contributed by atoms with Crippen molar-refractivity contribution >= 4 is 23.6 Å². The van der Waals surface area contributed by atoms with E-state index in [1.54, 1.807) is 6.07 Å². The van der Waals surface area contributed by atoms with E-state index in [1.807, 2.05) is 0 Å². The van der Waals surface area contributed by atoms with Crippen LogP contribution in [0.5, 0.6) is 0 Å². The summed E-state index contributed by atoms with van der Waals surface area (Å²) >= 11 is 0. The van der Waals surface area contributed by atoms with E-state index in [2.05, 4.69) is 10.6 Å². The molecule has 0 radical (unpaired) electrons. The third kappa shape index (κ3) is 6.91. The van der Waals surface area contributed by atoms with Crippen LogP contribution in [-0.2, 0) is 9.59 Å². The van der Waals surface area contributed by atoms with E-state index in [9.17, 15) is 19.2 Å². The van der Waals surface area contributed by atoms with Gasteiger partial charge < -0.3 is 22.1 Å². The van der Waals surface area contributed by atoms with E-state index < -0.39 is 23.6 Å². The average molecular weight is 334 g/mol. The monoisotopic (exact) mass is 334 g/mol. The van der Waals surface area contributed by atoms with Crippen LogP contribution < -0.4 is 22.1 Å². The van der Waals surface area contributed by atoms with E-state index in [0.29, 0.717) is 13.1 Å². The van der Waals surface area contributed by atoms with Crippen molar-refractivity contribution in [2.45, 2.75) is 25.7 Å². The summed E-state index contributed by atoms with van der Waals surface area (Å²) in [5.41, 5.74) is 10.6. The number of amides is 4. The van der Waals surface area contributed by atoms with Crippen LogP contribution in [0.2, 0.25) is 0 Å². The van der Waals surface area contributed by atoms with Crippen molar-refractivity contribution in [2.24, 2.45) is 11.5 Å². The zero-order valence-electron chi connectivity index (χ0n) is 13.3. The maximum atomic E-state index is 10.9. The van der Waals surface area contributed by atoms with Crippen LogP contribution in [0.4, 0.5) is 0 Å². The van der Waals surface area contributed by atoms with E-state index in [4.69, 9.17) is 11.5 Å². The Hall–Kier alpha value is -2.90. The molecule has 4 amide bonds. The smallest absolute Gasteiger partial charge is 0.309 e. The number of nitrogens with two attached hydrogens (primary N) is 2. The van der Waals surface area contributed by atoms with E-state index in [1.165, 1.54) is 18.2 Å². The molecule has 6 N–H and O–H groups in total. The number of benzene rings is 1. The lowest BCUT2D eigenvalue weighted by molar-refractivity contribution is -0.139. The predicted octanol–water partition coefficient (Wildman–Crippen LogP) is -0.323. The Morgan fingerprint density at radius 1 is 0.792 bits per heavy atom. The van der Waals surface area contributed by atoms with Gasteiger partial charge >= 0.3 is 11.8 Å². The summed E-state index contributed by atoms with van der Waals surface area (Å²) in [7, 11) is 0. The lowest BCUT2D eigenvalue weighted by Crippen LogP contribution is -2.41. The molecule has 130 valence electrons. The molecule has 1 aliphatic rings. The Morgan fingerprint density at radius 2 is 1.21 bits per heavy atom. The molecule has 1 aromatic rings. The molecule has 8 heteroatoms. The highest BCUT2D eigenvalue weighted by Gasteiger charge is 2.12. The molecule has 1 saturated heterocycles. The van der Waals surface area contributed by atoms with Gasteiger partial charge in [0.05, 0.1) is 0 Å². The van der Waals surface area contributed by atoms with Crippen LogP contribution >= 0.6 is 0 Å². The Bertz CT molecular complexity index is 567. The summed E-state index contributed by atoms with van der Waals surface area (Å²) in [4.78, 5) is 43.1. The first-order chi connectivity index (χ1) is 11.4. The average Bonchev–Trinajstić information content (AvgIpc) is 2.57. The molecule has 24 heavy (non-hydrogen) atoms. The highest BCUT2D eigenvalue weighted by atomic mass is 16.2. The largest absolute Gasteiger partial charge is 0.366 e. The van der Waals surface area contributed by atoms with E-state index in [-0.39, 0.29) is 11.1 Å². The minimum atomic E-state index is -0.571. The van der Waals surface area contributed by atoms with Crippen molar-refractivity contribution in [3.05, 3.63) is 35.4 Å². The molecule has 0 aromatic heterocycles. The van der Waals surface area contributed by atoms with Crippen molar-refractivity contribution in [1.29, 1.82) is 0 Å². The maximum absolute atomic E-state index is 10.9. The molecule has 0 aliphatic carbocycles. The van der Waals surface area contributed by atoms with Crippen molar-refractivity contribution in [3.63, 3.8) is 0 Å². The summed E-state index contributed by atoms with van der Waals surface area (Å²) < 4.78 is 0. The molecule has 8 nitrogen and oxygen atoms in total. The number of carbonyl (C=O) groups is 4. The van der Waals surface area contributed by atoms with Gasteiger partial charge in [0.15, 0.2) is 0 Å². The zero-order chi connectivity index (χ0) is 17.9. The van der Waals surface area contributed by atoms with Crippen molar-refractivity contribution < 1.29 is 19.2 Å². The summed E-state index contributed by atoms with van der Waals surface area (Å²) in [5.74, 6) is -2.15. The minimum Gasteiger partial charge on any atom is -0.366 e. The summed E-state index contributed by atoms with van der Waals surface area (Å²) in [6.45, 7) is 1.23. The van der Waals surface area contributed by atoms with Gasteiger partial charge in [-0.3, -0.25) is 19.2 Å². The summed E-state index contributed by atoms with van der Waals surface area (Å²) in [5, 5.41) is 5.10. The third-order valence-corrected chi connectivity index (χ3v) is 3.31. The van der Waals surface area contributed by atoms with Crippen LogP contribution in [0.25, 0.3) is 0 Å². The third-order valence-electron chi connectivity index (χ3n) is 3.31. The van der Waals surface area contributed by atoms with Gasteiger partial charge in [0.1, 0.15) is 0 Å². The van der Waals surface area contributed by atoms with Gasteiger partial charge in [-0.05, 0) is 31.0 Å². The fourth-order valence-electron chi connectivity index (χ4n) is 1.99. The Balaban J connectivity index is 0.000000240. The second-order valence-electron chi connectivity index (χ2n) is 5.24. The van der Waals surface area contributed by atoms with Crippen LogP contribution in [0.3, 0.4) is 0 Å². The Labute approximate surface area is 140 Å². The minimum absolute atomic E-state index is 0.284. The molecule has 1 fully saturated rings. The van der Waals surface area contributed by atoms with Crippen LogP contribution in [0.1, 0.15) is 46.4 Å². The Kier molecular flexibility index (Phi) is 7.97. The van der Waals surface area contributed by atoms with E-state index >= 15 is 0 Å². The maximum Gasteiger partial charge on any atom is 0.309 e. The molecule has 2 rings (SSSR count). The normalized spacial score (nSPS) is 15.2. The fraction of sp³-hybridized carbons (Fsp3) is 0.375. The first kappa shape index (κ1) is 19.1. The summed E-state index contributed by atoms with van der Waals surface area (Å²) in [6, 6.07) is 5.97. The standard InChI is InChI=1S/C8H8N2O2.C8H14N2O2/c9-7(11)5-2-1-3-6(4-5)8(10)12;11-7-8(12)10-6-4-2-1-3-5-9-7/h1-4H,(H2,9,11)(H2,10,12);1-6H2,(H,9,11)(H,10,12). The second kappa shape index (κ2) is 9.98. The lowest BCUT2D eigenvalue weighted by Gasteiger charge is -2.09. The molecule has 0 atom stereocenters. The number of rotatable bonds is 2. The van der Waals surface area contributed by atoms with Crippen molar-refractivity contribution in [1.82, 2.24) is 10.6 Å². The van der Waals surface area contributed by atoms with Crippen molar-refractivity contribution in [2.75, 3.05) is 13.1 Å². The van der Waals surface area contributed by atoms with Gasteiger partial charge in [-0.15, -0.1) is 0 Å². The number of hydrogen-bond donors (Lipinski definition) is 4. The number of primary amides is 2. The summed E-state index contributed by atoms with van der Waals surface area (Å²) in [6.07, 6.45) is 4.18. The molecule has 0 saturated carbocycles. The number of hydrogen-bond acceptors (Lipinski definition) is 4. The highest BCUT2D eigenvalue weighted by Crippen LogP contribution is 2.03. The Morgan fingerprint density at radius 3 is 1.58 bits per heavy atom. The van der Waals surface area contributed by atoms with Gasteiger partial charge in [-0.1, -0.05) is 18.9 Å². The predicted molar refractivity (Wildman–Crippen MR) is 88.0 cm³/mol. The molecule has 0 unspecified atom stereocenters. The number of nitrogens with one attached hydrogen (secondary N) is 2. The second-order valence-corrected chi connectivity index (χ2v) is 5.24. The first-order valence-electron chi connectivity index (χ1n) is 7.67. The SMILES string of the molecule is NC(=O)c1cccc(C(N)=O)c1.O=C1NCCCCCCNC1=O. The molecular formula is C16H22N4O4. The molecule has 0 spiro atoms. The molecular weight excluding hydrogens is 312 g/mol. The molecule has 1 heterocycles. The highest BCUT2D eigenvalue weighted by molar-refractivity contribution is 6.35. The van der Waals surface area contributed by atoms with Crippen molar-refractivity contribution in [3.8, 4) is 0 Å². The molecule has 1 aliphatic heterocycles. The van der Waals surface area contributed by atoms with Crippen LogP contribution in [0, 0.1) is 0 Å². The van der Waals surface area contributed by atoms with Gasteiger partial charge in [-0.2, -0.15) is 0 Å². The lowest BCUT2D eigenvalue weighted by atomic mass is 10.1.